The van der Waals surface area contributed by atoms with Crippen molar-refractivity contribution < 1.29 is 0 Å². The zero-order valence-electron chi connectivity index (χ0n) is 12.9. The first-order chi connectivity index (χ1) is 9.34. The lowest BCUT2D eigenvalue weighted by Gasteiger charge is -2.27. The van der Waals surface area contributed by atoms with Crippen LogP contribution in [-0.2, 0) is 0 Å². The van der Waals surface area contributed by atoms with E-state index in [4.69, 9.17) is 0 Å². The average molecular weight is 267 g/mol. The Balaban J connectivity index is 1.43. The van der Waals surface area contributed by atoms with Crippen LogP contribution in [0.15, 0.2) is 0 Å². The molecule has 0 bridgehead atoms. The molecule has 0 aromatic rings. The van der Waals surface area contributed by atoms with Crippen molar-refractivity contribution in [2.45, 2.75) is 44.9 Å². The summed E-state index contributed by atoms with van der Waals surface area (Å²) in [5.41, 5.74) is 0. The molecular weight excluding hydrogens is 234 g/mol. The fourth-order valence-corrected chi connectivity index (χ4v) is 3.47. The molecule has 2 fully saturated rings. The van der Waals surface area contributed by atoms with Gasteiger partial charge in [-0.05, 0) is 51.9 Å². The predicted octanol–water partition coefficient (Wildman–Crippen LogP) is 2.18. The van der Waals surface area contributed by atoms with Crippen LogP contribution in [0, 0.1) is 5.92 Å². The number of nitrogens with one attached hydrogen (secondary N) is 1. The van der Waals surface area contributed by atoms with Gasteiger partial charge in [0.2, 0.25) is 0 Å². The Bertz CT molecular complexity index is 220. The zero-order valence-corrected chi connectivity index (χ0v) is 12.9. The quantitative estimate of drug-likeness (QED) is 0.680. The Morgan fingerprint density at radius 1 is 1.05 bits per heavy atom. The maximum Gasteiger partial charge on any atom is 0.0107 e. The van der Waals surface area contributed by atoms with Gasteiger partial charge in [0, 0.05) is 26.2 Å². The Morgan fingerprint density at radius 3 is 2.53 bits per heavy atom. The van der Waals surface area contributed by atoms with Crippen molar-refractivity contribution in [1.29, 1.82) is 0 Å². The molecule has 3 heteroatoms. The van der Waals surface area contributed by atoms with Gasteiger partial charge in [0.1, 0.15) is 0 Å². The molecule has 3 nitrogen and oxygen atoms in total. The van der Waals surface area contributed by atoms with E-state index in [0.29, 0.717) is 0 Å². The van der Waals surface area contributed by atoms with Gasteiger partial charge in [-0.15, -0.1) is 0 Å². The number of piperazine rings is 1. The van der Waals surface area contributed by atoms with Gasteiger partial charge in [-0.1, -0.05) is 25.7 Å². The van der Waals surface area contributed by atoms with E-state index in [0.717, 1.165) is 5.92 Å². The standard InChI is InChI=1S/C16H33N3/c1-18(13-8-16-6-2-3-7-16)11-4-5-12-19-14-9-17-10-15-19/h16-17H,2-15H2,1H3. The Kier molecular flexibility index (Phi) is 7.18. The highest BCUT2D eigenvalue weighted by Crippen LogP contribution is 2.27. The van der Waals surface area contributed by atoms with Crippen molar-refractivity contribution in [2.24, 2.45) is 5.92 Å². The van der Waals surface area contributed by atoms with Gasteiger partial charge >= 0.3 is 0 Å². The molecule has 0 spiro atoms. The monoisotopic (exact) mass is 267 g/mol. The minimum atomic E-state index is 1.04. The number of nitrogens with zero attached hydrogens (tertiary/aromatic N) is 2. The normalized spacial score (nSPS) is 22.4. The smallest absolute Gasteiger partial charge is 0.0107 e. The van der Waals surface area contributed by atoms with Crippen LogP contribution in [0.3, 0.4) is 0 Å². The zero-order chi connectivity index (χ0) is 13.3. The first-order valence-corrected chi connectivity index (χ1v) is 8.46. The fraction of sp³-hybridized carbons (Fsp3) is 1.00. The highest BCUT2D eigenvalue weighted by Gasteiger charge is 2.15. The summed E-state index contributed by atoms with van der Waals surface area (Å²) < 4.78 is 0. The van der Waals surface area contributed by atoms with E-state index < -0.39 is 0 Å². The summed E-state index contributed by atoms with van der Waals surface area (Å²) in [5, 5.41) is 3.42. The van der Waals surface area contributed by atoms with Crippen LogP contribution in [0.2, 0.25) is 0 Å². The lowest BCUT2D eigenvalue weighted by Crippen LogP contribution is -2.43. The van der Waals surface area contributed by atoms with Crippen molar-refractivity contribution in [3.63, 3.8) is 0 Å². The molecule has 1 saturated carbocycles. The van der Waals surface area contributed by atoms with Gasteiger partial charge in [-0.2, -0.15) is 0 Å². The second kappa shape index (κ2) is 8.93. The van der Waals surface area contributed by atoms with Crippen LogP contribution in [-0.4, -0.2) is 62.7 Å². The van der Waals surface area contributed by atoms with Gasteiger partial charge < -0.3 is 15.1 Å². The minimum Gasteiger partial charge on any atom is -0.314 e. The summed E-state index contributed by atoms with van der Waals surface area (Å²) in [4.78, 5) is 5.16. The Morgan fingerprint density at radius 2 is 1.79 bits per heavy atom. The van der Waals surface area contributed by atoms with Crippen molar-refractivity contribution >= 4 is 0 Å². The molecule has 1 N–H and O–H groups in total. The third-order valence-electron chi connectivity index (χ3n) is 4.87. The summed E-state index contributed by atoms with van der Waals surface area (Å²) in [6.45, 7) is 8.77. The molecule has 2 aliphatic rings. The van der Waals surface area contributed by atoms with Crippen molar-refractivity contribution in [3.8, 4) is 0 Å². The summed E-state index contributed by atoms with van der Waals surface area (Å²) >= 11 is 0. The Hall–Kier alpha value is -0.120. The van der Waals surface area contributed by atoms with E-state index in [9.17, 15) is 0 Å². The second-order valence-corrected chi connectivity index (χ2v) is 6.54. The summed E-state index contributed by atoms with van der Waals surface area (Å²) in [6.07, 6.45) is 10.1. The largest absolute Gasteiger partial charge is 0.314 e. The average Bonchev–Trinajstić information content (AvgIpc) is 2.96. The molecule has 0 amide bonds. The highest BCUT2D eigenvalue weighted by atomic mass is 15.2. The first-order valence-electron chi connectivity index (χ1n) is 8.46. The van der Waals surface area contributed by atoms with Crippen LogP contribution in [0.1, 0.15) is 44.9 Å². The van der Waals surface area contributed by atoms with E-state index in [-0.39, 0.29) is 0 Å². The predicted molar refractivity (Wildman–Crippen MR) is 82.6 cm³/mol. The van der Waals surface area contributed by atoms with E-state index in [1.807, 2.05) is 0 Å². The van der Waals surface area contributed by atoms with E-state index in [1.54, 1.807) is 0 Å². The maximum atomic E-state index is 3.42. The molecule has 1 saturated heterocycles. The molecule has 0 atom stereocenters. The number of hydrogen-bond acceptors (Lipinski definition) is 3. The van der Waals surface area contributed by atoms with E-state index in [1.165, 1.54) is 90.8 Å². The van der Waals surface area contributed by atoms with Crippen LogP contribution >= 0.6 is 0 Å². The highest BCUT2D eigenvalue weighted by molar-refractivity contribution is 4.69. The summed E-state index contributed by atoms with van der Waals surface area (Å²) in [7, 11) is 2.31. The molecule has 1 heterocycles. The lowest BCUT2D eigenvalue weighted by molar-refractivity contribution is 0.228. The van der Waals surface area contributed by atoms with Gasteiger partial charge in [0.15, 0.2) is 0 Å². The van der Waals surface area contributed by atoms with Crippen molar-refractivity contribution in [3.05, 3.63) is 0 Å². The van der Waals surface area contributed by atoms with Gasteiger partial charge in [-0.25, -0.2) is 0 Å². The fourth-order valence-electron chi connectivity index (χ4n) is 3.47. The third kappa shape index (κ3) is 6.24. The second-order valence-electron chi connectivity index (χ2n) is 6.54. The van der Waals surface area contributed by atoms with Crippen LogP contribution < -0.4 is 5.32 Å². The molecule has 0 radical (unpaired) electrons. The summed E-state index contributed by atoms with van der Waals surface area (Å²) in [5.74, 6) is 1.04. The number of rotatable bonds is 8. The van der Waals surface area contributed by atoms with E-state index in [2.05, 4.69) is 22.2 Å². The van der Waals surface area contributed by atoms with Crippen LogP contribution in [0.5, 0.6) is 0 Å². The topological polar surface area (TPSA) is 18.5 Å². The van der Waals surface area contributed by atoms with Crippen molar-refractivity contribution in [2.75, 3.05) is 52.9 Å². The molecule has 0 aromatic carbocycles. The third-order valence-corrected chi connectivity index (χ3v) is 4.87. The Labute approximate surface area is 119 Å². The SMILES string of the molecule is CN(CCCCN1CCNCC1)CCC1CCCC1. The van der Waals surface area contributed by atoms with Crippen molar-refractivity contribution in [1.82, 2.24) is 15.1 Å². The van der Waals surface area contributed by atoms with Gasteiger partial charge in [0.25, 0.3) is 0 Å². The molecular formula is C16H33N3. The molecule has 0 unspecified atom stereocenters. The molecule has 19 heavy (non-hydrogen) atoms. The number of hydrogen-bond donors (Lipinski definition) is 1. The van der Waals surface area contributed by atoms with Crippen LogP contribution in [0.25, 0.3) is 0 Å². The molecule has 1 aliphatic heterocycles. The number of unbranched alkanes of at least 4 members (excludes halogenated alkanes) is 1. The summed E-state index contributed by atoms with van der Waals surface area (Å²) in [6, 6.07) is 0. The van der Waals surface area contributed by atoms with E-state index >= 15 is 0 Å². The maximum absolute atomic E-state index is 3.42. The van der Waals surface area contributed by atoms with Crippen LogP contribution in [0.4, 0.5) is 0 Å². The lowest BCUT2D eigenvalue weighted by atomic mass is 10.0. The molecule has 112 valence electrons. The van der Waals surface area contributed by atoms with Gasteiger partial charge in [0.05, 0.1) is 0 Å². The van der Waals surface area contributed by atoms with Gasteiger partial charge in [-0.3, -0.25) is 0 Å². The molecule has 1 aliphatic carbocycles. The molecule has 2 rings (SSSR count). The molecule has 0 aromatic heterocycles. The minimum absolute atomic E-state index is 1.04. The first kappa shape index (κ1) is 15.3.